The van der Waals surface area contributed by atoms with E-state index in [2.05, 4.69) is 20.8 Å². The molecule has 0 aliphatic heterocycles. The maximum atomic E-state index is 14.0. The third kappa shape index (κ3) is 3.81. The van der Waals surface area contributed by atoms with E-state index >= 15 is 0 Å². The molecule has 0 amide bonds. The van der Waals surface area contributed by atoms with Gasteiger partial charge in [0.2, 0.25) is 0 Å². The molecule has 0 radical (unpaired) electrons. The van der Waals surface area contributed by atoms with Crippen molar-refractivity contribution in [3.8, 4) is 0 Å². The summed E-state index contributed by atoms with van der Waals surface area (Å²) in [6.45, 7) is 7.10. The average molecular weight is 352 g/mol. The highest BCUT2D eigenvalue weighted by Gasteiger charge is 2.43. The van der Waals surface area contributed by atoms with Crippen LogP contribution in [0.5, 0.6) is 0 Å². The molecule has 2 rings (SSSR count). The van der Waals surface area contributed by atoms with Crippen LogP contribution >= 0.6 is 10.3 Å². The lowest BCUT2D eigenvalue weighted by molar-refractivity contribution is -0.0407. The smallest absolute Gasteiger partial charge is 0.271 e. The van der Waals surface area contributed by atoms with E-state index in [1.807, 2.05) is 60.7 Å². The largest absolute Gasteiger partial charge is 0.321 e. The van der Waals surface area contributed by atoms with Gasteiger partial charge in [-0.15, -0.1) is 0 Å². The Bertz CT molecular complexity index is 596. The Morgan fingerprint density at radius 1 is 0.833 bits per heavy atom. The first-order valence-electron chi connectivity index (χ1n) is 8.18. The van der Waals surface area contributed by atoms with Crippen LogP contribution in [-0.2, 0) is 4.18 Å². The molecule has 1 nitrogen and oxygen atoms in total. The summed E-state index contributed by atoms with van der Waals surface area (Å²) >= 11 is 0. The van der Waals surface area contributed by atoms with Gasteiger partial charge in [0.1, 0.15) is 6.61 Å². The van der Waals surface area contributed by atoms with Gasteiger partial charge in [-0.05, 0) is 45.0 Å². The molecule has 0 saturated heterocycles. The van der Waals surface area contributed by atoms with Gasteiger partial charge in [-0.1, -0.05) is 53.6 Å². The van der Waals surface area contributed by atoms with Gasteiger partial charge >= 0.3 is 0 Å². The van der Waals surface area contributed by atoms with Crippen LogP contribution in [-0.4, -0.2) is 17.3 Å². The van der Waals surface area contributed by atoms with Crippen LogP contribution in [0.25, 0.3) is 0 Å². The fourth-order valence-electron chi connectivity index (χ4n) is 2.66. The van der Waals surface area contributed by atoms with E-state index in [0.29, 0.717) is 0 Å². The van der Waals surface area contributed by atoms with Crippen molar-refractivity contribution in [2.45, 2.75) is 54.6 Å². The second kappa shape index (κ2) is 7.24. The molecule has 0 spiro atoms. The molecule has 0 unspecified atom stereocenters. The van der Waals surface area contributed by atoms with Gasteiger partial charge in [0.05, 0.1) is 0 Å². The third-order valence-corrected chi connectivity index (χ3v) is 8.04. The molecule has 0 heterocycles. The average Bonchev–Trinajstić information content (AvgIpc) is 2.56. The van der Waals surface area contributed by atoms with Gasteiger partial charge in [0.15, 0.2) is 0 Å². The zero-order chi connectivity index (χ0) is 17.8. The van der Waals surface area contributed by atoms with Gasteiger partial charge in [-0.25, -0.2) is 8.78 Å². The molecule has 0 aliphatic carbocycles. The van der Waals surface area contributed by atoms with Crippen molar-refractivity contribution in [2.75, 3.05) is 6.61 Å². The first-order chi connectivity index (χ1) is 11.2. The lowest BCUT2D eigenvalue weighted by Gasteiger charge is -2.50. The highest BCUT2D eigenvalue weighted by atomic mass is 32.3. The van der Waals surface area contributed by atoms with E-state index in [1.54, 1.807) is 0 Å². The summed E-state index contributed by atoms with van der Waals surface area (Å²) in [6.07, 6.45) is -0.226. The highest BCUT2D eigenvalue weighted by molar-refractivity contribution is 8.31. The molecule has 4 heteroatoms. The second-order valence-electron chi connectivity index (χ2n) is 6.77. The summed E-state index contributed by atoms with van der Waals surface area (Å²) in [5.74, 6) is -2.83. The van der Waals surface area contributed by atoms with Gasteiger partial charge in [0.25, 0.3) is 5.92 Å². The molecule has 24 heavy (non-hydrogen) atoms. The zero-order valence-electron chi connectivity index (χ0n) is 14.8. The first kappa shape index (κ1) is 18.9. The van der Waals surface area contributed by atoms with Crippen molar-refractivity contribution in [1.82, 2.24) is 0 Å². The standard InChI is InChI=1S/C20H26F2OS/c1-5-20(21,22)16-23-24(19(2,3)4,17-12-8-6-9-13-17)18-14-10-7-11-15-18/h6-15H,5,16H2,1-4H3. The van der Waals surface area contributed by atoms with Gasteiger partial charge in [0, 0.05) is 21.0 Å². The van der Waals surface area contributed by atoms with Crippen LogP contribution in [0.15, 0.2) is 70.5 Å². The molecule has 0 aromatic heterocycles. The van der Waals surface area contributed by atoms with Crippen molar-refractivity contribution >= 4 is 10.3 Å². The molecular weight excluding hydrogens is 326 g/mol. The van der Waals surface area contributed by atoms with Gasteiger partial charge in [-0.2, -0.15) is 0 Å². The molecule has 0 aliphatic rings. The van der Waals surface area contributed by atoms with Crippen molar-refractivity contribution in [3.05, 3.63) is 60.7 Å². The van der Waals surface area contributed by atoms with Crippen LogP contribution in [0.4, 0.5) is 8.78 Å². The lowest BCUT2D eigenvalue weighted by atomic mass is 10.3. The molecule has 0 saturated carbocycles. The Morgan fingerprint density at radius 3 is 1.58 bits per heavy atom. The van der Waals surface area contributed by atoms with Crippen molar-refractivity contribution < 1.29 is 13.0 Å². The highest BCUT2D eigenvalue weighted by Crippen LogP contribution is 2.71. The van der Waals surface area contributed by atoms with Crippen LogP contribution in [0.1, 0.15) is 34.1 Å². The SMILES string of the molecule is CCC(F)(F)COS(c1ccccc1)(c1ccccc1)C(C)(C)C. The number of hydrogen-bond donors (Lipinski definition) is 0. The Kier molecular flexibility index (Phi) is 5.71. The van der Waals surface area contributed by atoms with Gasteiger partial charge in [-0.3, -0.25) is 0 Å². The Balaban J connectivity index is 2.62. The number of alkyl halides is 2. The van der Waals surface area contributed by atoms with E-state index in [1.165, 1.54) is 6.92 Å². The first-order valence-corrected chi connectivity index (χ1v) is 9.74. The molecule has 0 fully saturated rings. The summed E-state index contributed by atoms with van der Waals surface area (Å²) in [5.41, 5.74) is 0. The fraction of sp³-hybridized carbons (Fsp3) is 0.400. The molecule has 132 valence electrons. The number of rotatable bonds is 6. The van der Waals surface area contributed by atoms with Crippen LogP contribution in [0.2, 0.25) is 0 Å². The third-order valence-electron chi connectivity index (χ3n) is 3.98. The monoisotopic (exact) mass is 352 g/mol. The van der Waals surface area contributed by atoms with E-state index in [0.717, 1.165) is 9.79 Å². The topological polar surface area (TPSA) is 9.23 Å². The van der Waals surface area contributed by atoms with Crippen molar-refractivity contribution in [1.29, 1.82) is 0 Å². The zero-order valence-corrected chi connectivity index (χ0v) is 15.6. The quantitative estimate of drug-likeness (QED) is 0.563. The predicted molar refractivity (Wildman–Crippen MR) is 98.0 cm³/mol. The van der Waals surface area contributed by atoms with E-state index in [9.17, 15) is 8.78 Å². The minimum absolute atomic E-state index is 0.226. The number of halogens is 2. The van der Waals surface area contributed by atoms with E-state index in [-0.39, 0.29) is 11.2 Å². The second-order valence-corrected chi connectivity index (χ2v) is 10.3. The maximum absolute atomic E-state index is 14.0. The molecule has 0 N–H and O–H groups in total. The predicted octanol–water partition coefficient (Wildman–Crippen LogP) is 6.68. The summed E-state index contributed by atoms with van der Waals surface area (Å²) in [5, 5.41) is 0. The van der Waals surface area contributed by atoms with Crippen LogP contribution in [0.3, 0.4) is 0 Å². The fourth-order valence-corrected chi connectivity index (χ4v) is 6.40. The molecular formula is C20H26F2OS. The molecule has 0 atom stereocenters. The van der Waals surface area contributed by atoms with E-state index < -0.39 is 22.8 Å². The van der Waals surface area contributed by atoms with Crippen molar-refractivity contribution in [2.24, 2.45) is 0 Å². The van der Waals surface area contributed by atoms with Crippen molar-refractivity contribution in [3.63, 3.8) is 0 Å². The molecule has 2 aromatic carbocycles. The maximum Gasteiger partial charge on any atom is 0.271 e. The Morgan fingerprint density at radius 2 is 1.25 bits per heavy atom. The normalized spacial score (nSPS) is 13.8. The lowest BCUT2D eigenvalue weighted by Crippen LogP contribution is -2.32. The molecule has 0 bridgehead atoms. The van der Waals surface area contributed by atoms with Gasteiger partial charge < -0.3 is 4.18 Å². The van der Waals surface area contributed by atoms with E-state index in [4.69, 9.17) is 4.18 Å². The summed E-state index contributed by atoms with van der Waals surface area (Å²) < 4.78 is 33.8. The number of benzene rings is 2. The summed E-state index contributed by atoms with van der Waals surface area (Å²) in [4.78, 5) is 1.94. The Hall–Kier alpha value is -1.39. The summed E-state index contributed by atoms with van der Waals surface area (Å²) in [7, 11) is -2.09. The minimum atomic E-state index is -2.83. The summed E-state index contributed by atoms with van der Waals surface area (Å²) in [6, 6.07) is 19.6. The minimum Gasteiger partial charge on any atom is -0.321 e. The van der Waals surface area contributed by atoms with Crippen LogP contribution in [0, 0.1) is 0 Å². The Labute approximate surface area is 145 Å². The van der Waals surface area contributed by atoms with Crippen LogP contribution < -0.4 is 0 Å². The number of hydrogen-bond acceptors (Lipinski definition) is 1. The molecule has 2 aromatic rings.